The molecule has 76 valence electrons. The van der Waals surface area contributed by atoms with Crippen LogP contribution in [0, 0.1) is 0 Å². The molecule has 2 rings (SSSR count). The van der Waals surface area contributed by atoms with Crippen molar-refractivity contribution in [2.24, 2.45) is 0 Å². The summed E-state index contributed by atoms with van der Waals surface area (Å²) < 4.78 is 0. The number of aliphatic hydroxyl groups is 2. The lowest BCUT2D eigenvalue weighted by Gasteiger charge is -2.38. The predicted octanol–water partition coefficient (Wildman–Crippen LogP) is 1.31. The maximum atomic E-state index is 9.76. The van der Waals surface area contributed by atoms with E-state index < -0.39 is 12.5 Å². The molecule has 1 aliphatic rings. The average molecular weight is 193 g/mol. The zero-order valence-electron chi connectivity index (χ0n) is 8.00. The van der Waals surface area contributed by atoms with E-state index in [0.717, 1.165) is 24.9 Å². The van der Waals surface area contributed by atoms with Crippen LogP contribution in [0.3, 0.4) is 0 Å². The van der Waals surface area contributed by atoms with E-state index in [0.29, 0.717) is 0 Å². The molecule has 0 aromatic heterocycles. The Kier molecular flexibility index (Phi) is 2.70. The third-order valence-electron chi connectivity index (χ3n) is 2.62. The zero-order valence-corrected chi connectivity index (χ0v) is 8.00. The van der Waals surface area contributed by atoms with Gasteiger partial charge in [-0.15, -0.1) is 0 Å². The highest BCUT2D eigenvalue weighted by atomic mass is 16.3. The van der Waals surface area contributed by atoms with Gasteiger partial charge in [-0.05, 0) is 31.4 Å². The normalized spacial score (nSPS) is 27.7. The molecule has 2 atom stereocenters. The average Bonchev–Trinajstić information content (AvgIpc) is 2.19. The Morgan fingerprint density at radius 1 is 1.00 bits per heavy atom. The van der Waals surface area contributed by atoms with Crippen molar-refractivity contribution in [2.45, 2.75) is 31.7 Å². The summed E-state index contributed by atoms with van der Waals surface area (Å²) in [6.07, 6.45) is 1.23. The Morgan fingerprint density at radius 2 is 1.57 bits per heavy atom. The minimum absolute atomic E-state index is 0.554. The van der Waals surface area contributed by atoms with E-state index in [1.54, 1.807) is 4.90 Å². The fraction of sp³-hybridized carbons (Fsp3) is 0.455. The summed E-state index contributed by atoms with van der Waals surface area (Å²) in [5.41, 5.74) is 0.882. The first kappa shape index (κ1) is 9.49. The van der Waals surface area contributed by atoms with Crippen molar-refractivity contribution < 1.29 is 10.2 Å². The molecule has 3 heteroatoms. The number of piperidine rings is 1. The van der Waals surface area contributed by atoms with Gasteiger partial charge in [0, 0.05) is 5.69 Å². The van der Waals surface area contributed by atoms with E-state index >= 15 is 0 Å². The van der Waals surface area contributed by atoms with E-state index in [2.05, 4.69) is 0 Å². The molecule has 0 radical (unpaired) electrons. The fourth-order valence-corrected chi connectivity index (χ4v) is 1.90. The first-order valence-corrected chi connectivity index (χ1v) is 4.98. The van der Waals surface area contributed by atoms with Crippen LogP contribution in [0.2, 0.25) is 0 Å². The summed E-state index contributed by atoms with van der Waals surface area (Å²) in [4.78, 5) is 1.67. The zero-order chi connectivity index (χ0) is 9.97. The van der Waals surface area contributed by atoms with Gasteiger partial charge in [0.25, 0.3) is 0 Å². The van der Waals surface area contributed by atoms with Gasteiger partial charge < -0.3 is 15.1 Å². The van der Waals surface area contributed by atoms with Gasteiger partial charge in [-0.3, -0.25) is 0 Å². The lowest BCUT2D eigenvalue weighted by atomic mass is 10.1. The Bertz CT molecular complexity index is 279. The van der Waals surface area contributed by atoms with Crippen molar-refractivity contribution in [1.82, 2.24) is 0 Å². The highest BCUT2D eigenvalue weighted by molar-refractivity contribution is 5.47. The quantitative estimate of drug-likeness (QED) is 0.706. The second-order valence-electron chi connectivity index (χ2n) is 3.63. The van der Waals surface area contributed by atoms with E-state index in [1.165, 1.54) is 0 Å². The van der Waals surface area contributed by atoms with Gasteiger partial charge in [0.2, 0.25) is 0 Å². The van der Waals surface area contributed by atoms with Gasteiger partial charge in [0.1, 0.15) is 12.5 Å². The van der Waals surface area contributed by atoms with Crippen molar-refractivity contribution in [3.63, 3.8) is 0 Å². The Hall–Kier alpha value is -1.06. The molecule has 1 heterocycles. The number of hydrogen-bond donors (Lipinski definition) is 2. The molecule has 1 aromatic carbocycles. The number of para-hydroxylation sites is 1. The third-order valence-corrected chi connectivity index (χ3v) is 2.62. The van der Waals surface area contributed by atoms with Crippen molar-refractivity contribution in [3.05, 3.63) is 30.3 Å². The monoisotopic (exact) mass is 193 g/mol. The molecule has 1 aliphatic heterocycles. The maximum absolute atomic E-state index is 9.76. The summed E-state index contributed by atoms with van der Waals surface area (Å²) in [5, 5.41) is 19.5. The van der Waals surface area contributed by atoms with Gasteiger partial charge in [-0.2, -0.15) is 0 Å². The van der Waals surface area contributed by atoms with Gasteiger partial charge in [-0.25, -0.2) is 0 Å². The summed E-state index contributed by atoms with van der Waals surface area (Å²) in [5.74, 6) is 0. The van der Waals surface area contributed by atoms with Crippen molar-refractivity contribution >= 4 is 5.69 Å². The van der Waals surface area contributed by atoms with Crippen molar-refractivity contribution in [2.75, 3.05) is 4.90 Å². The molecule has 3 nitrogen and oxygen atoms in total. The Morgan fingerprint density at radius 3 is 2.14 bits per heavy atom. The van der Waals surface area contributed by atoms with Crippen molar-refractivity contribution in [1.29, 1.82) is 0 Å². The number of hydrogen-bond acceptors (Lipinski definition) is 3. The van der Waals surface area contributed by atoms with Crippen LogP contribution in [0.1, 0.15) is 19.3 Å². The molecule has 0 aliphatic carbocycles. The molecule has 1 aromatic rings. The lowest BCUT2D eigenvalue weighted by Crippen LogP contribution is -2.46. The van der Waals surface area contributed by atoms with Crippen LogP contribution in [-0.4, -0.2) is 22.7 Å². The van der Waals surface area contributed by atoms with Crippen LogP contribution in [0.25, 0.3) is 0 Å². The van der Waals surface area contributed by atoms with Crippen LogP contribution < -0.4 is 4.90 Å². The third kappa shape index (κ3) is 1.74. The first-order valence-electron chi connectivity index (χ1n) is 4.98. The van der Waals surface area contributed by atoms with Crippen LogP contribution in [0.5, 0.6) is 0 Å². The van der Waals surface area contributed by atoms with Gasteiger partial charge in [-0.1, -0.05) is 18.2 Å². The van der Waals surface area contributed by atoms with Crippen LogP contribution >= 0.6 is 0 Å². The second-order valence-corrected chi connectivity index (χ2v) is 3.63. The SMILES string of the molecule is OC1CCCC(O)N1c1ccccc1. The highest BCUT2D eigenvalue weighted by Crippen LogP contribution is 2.26. The predicted molar refractivity (Wildman–Crippen MR) is 54.8 cm³/mol. The van der Waals surface area contributed by atoms with E-state index in [4.69, 9.17) is 0 Å². The molecule has 0 amide bonds. The molecule has 0 bridgehead atoms. The molecular formula is C11H15NO2. The topological polar surface area (TPSA) is 43.7 Å². The molecule has 0 saturated carbocycles. The van der Waals surface area contributed by atoms with E-state index in [-0.39, 0.29) is 0 Å². The number of rotatable bonds is 1. The number of anilines is 1. The summed E-state index contributed by atoms with van der Waals surface area (Å²) in [6, 6.07) is 9.54. The van der Waals surface area contributed by atoms with Crippen LogP contribution in [-0.2, 0) is 0 Å². The standard InChI is InChI=1S/C11H15NO2/c13-10-7-4-8-11(14)12(10)9-5-2-1-3-6-9/h1-3,5-6,10-11,13-14H,4,7-8H2. The molecule has 1 saturated heterocycles. The number of aliphatic hydroxyl groups excluding tert-OH is 2. The number of benzene rings is 1. The maximum Gasteiger partial charge on any atom is 0.129 e. The van der Waals surface area contributed by atoms with Crippen molar-refractivity contribution in [3.8, 4) is 0 Å². The minimum atomic E-state index is -0.554. The second kappa shape index (κ2) is 3.98. The Balaban J connectivity index is 2.23. The van der Waals surface area contributed by atoms with Gasteiger partial charge >= 0.3 is 0 Å². The first-order chi connectivity index (χ1) is 6.79. The van der Waals surface area contributed by atoms with Gasteiger partial charge in [0.05, 0.1) is 0 Å². The fourth-order valence-electron chi connectivity index (χ4n) is 1.90. The summed E-state index contributed by atoms with van der Waals surface area (Å²) >= 11 is 0. The molecular weight excluding hydrogens is 178 g/mol. The van der Waals surface area contributed by atoms with Crippen LogP contribution in [0.15, 0.2) is 30.3 Å². The number of nitrogens with zero attached hydrogens (tertiary/aromatic N) is 1. The minimum Gasteiger partial charge on any atom is -0.374 e. The molecule has 2 unspecified atom stereocenters. The van der Waals surface area contributed by atoms with E-state index in [1.807, 2.05) is 30.3 Å². The molecule has 2 N–H and O–H groups in total. The summed E-state index contributed by atoms with van der Waals surface area (Å²) in [6.45, 7) is 0. The van der Waals surface area contributed by atoms with Crippen LogP contribution in [0.4, 0.5) is 5.69 Å². The largest absolute Gasteiger partial charge is 0.374 e. The molecule has 1 fully saturated rings. The Labute approximate surface area is 83.6 Å². The highest BCUT2D eigenvalue weighted by Gasteiger charge is 2.27. The lowest BCUT2D eigenvalue weighted by molar-refractivity contribution is 0.0441. The molecule has 14 heavy (non-hydrogen) atoms. The molecule has 0 spiro atoms. The van der Waals surface area contributed by atoms with Gasteiger partial charge in [0.15, 0.2) is 0 Å². The summed E-state index contributed by atoms with van der Waals surface area (Å²) in [7, 11) is 0. The smallest absolute Gasteiger partial charge is 0.129 e. The van der Waals surface area contributed by atoms with E-state index in [9.17, 15) is 10.2 Å².